The lowest BCUT2D eigenvalue weighted by Gasteiger charge is -2.37. The minimum Gasteiger partial charge on any atom is -0.386 e. The summed E-state index contributed by atoms with van der Waals surface area (Å²) >= 11 is 0. The summed E-state index contributed by atoms with van der Waals surface area (Å²) in [5.74, 6) is -0.969. The van der Waals surface area contributed by atoms with Crippen molar-refractivity contribution in [3.8, 4) is 5.69 Å². The molecule has 1 aliphatic heterocycles. The number of carbonyl (C=O) groups is 1. The minimum absolute atomic E-state index is 0.0363. The molecule has 0 spiro atoms. The fourth-order valence-electron chi connectivity index (χ4n) is 6.14. The fourth-order valence-corrected chi connectivity index (χ4v) is 6.14. The second-order valence-electron chi connectivity index (χ2n) is 11.1. The molecule has 1 amide bonds. The van der Waals surface area contributed by atoms with Crippen LogP contribution in [0, 0.1) is 18.6 Å². The Kier molecular flexibility index (Phi) is 7.70. The van der Waals surface area contributed by atoms with Gasteiger partial charge in [-0.3, -0.25) is 19.1 Å². The van der Waals surface area contributed by atoms with E-state index in [-0.39, 0.29) is 34.9 Å². The summed E-state index contributed by atoms with van der Waals surface area (Å²) in [6.07, 6.45) is 4.42. The second-order valence-corrected chi connectivity index (χ2v) is 11.1. The number of carbonyl (C=O) groups excluding carboxylic acids is 1. The van der Waals surface area contributed by atoms with Gasteiger partial charge in [-0.05, 0) is 81.1 Å². The fraction of sp³-hybridized carbons (Fsp3) is 0.387. The van der Waals surface area contributed by atoms with Gasteiger partial charge in [0.1, 0.15) is 11.5 Å². The van der Waals surface area contributed by atoms with E-state index in [2.05, 4.69) is 22.1 Å². The average molecular weight is 563 g/mol. The summed E-state index contributed by atoms with van der Waals surface area (Å²) in [5.41, 5.74) is 3.97. The van der Waals surface area contributed by atoms with Crippen molar-refractivity contribution in [2.24, 2.45) is 7.05 Å². The highest BCUT2D eigenvalue weighted by Crippen LogP contribution is 2.37. The Morgan fingerprint density at radius 2 is 1.83 bits per heavy atom. The van der Waals surface area contributed by atoms with Gasteiger partial charge < -0.3 is 14.8 Å². The molecule has 1 saturated heterocycles. The molecule has 1 atom stereocenters. The highest BCUT2D eigenvalue weighted by molar-refractivity contribution is 5.94. The number of nitrogens with one attached hydrogen (secondary N) is 1. The molecule has 41 heavy (non-hydrogen) atoms. The molecule has 0 saturated carbocycles. The molecule has 5 rings (SSSR count). The van der Waals surface area contributed by atoms with Gasteiger partial charge >= 0.3 is 0 Å². The van der Waals surface area contributed by atoms with E-state index in [0.717, 1.165) is 42.6 Å². The summed E-state index contributed by atoms with van der Waals surface area (Å²) in [4.78, 5) is 33.6. The molecule has 4 aromatic rings. The van der Waals surface area contributed by atoms with Gasteiger partial charge in [0.2, 0.25) is 0 Å². The van der Waals surface area contributed by atoms with Crippen LogP contribution in [0.3, 0.4) is 0 Å². The largest absolute Gasteiger partial charge is 0.386 e. The van der Waals surface area contributed by atoms with Gasteiger partial charge in [-0.15, -0.1) is 0 Å². The predicted molar refractivity (Wildman–Crippen MR) is 157 cm³/mol. The minimum atomic E-state index is -0.518. The molecule has 0 unspecified atom stereocenters. The summed E-state index contributed by atoms with van der Waals surface area (Å²) in [6.45, 7) is 5.57. The molecule has 0 aliphatic carbocycles. The zero-order chi connectivity index (χ0) is 29.6. The number of likely N-dealkylation sites (tertiary alicyclic amines) is 1. The number of amides is 1. The first-order valence-corrected chi connectivity index (χ1v) is 13.8. The van der Waals surface area contributed by atoms with Crippen molar-refractivity contribution in [1.82, 2.24) is 23.9 Å². The number of aryl methyl sites for hydroxylation is 2. The Hall–Kier alpha value is -4.05. The smallest absolute Gasteiger partial charge is 0.257 e. The number of fused-ring (bicyclic) bond motifs is 1. The van der Waals surface area contributed by atoms with E-state index in [1.54, 1.807) is 39.5 Å². The molecular formula is C31H36F2N6O2. The maximum Gasteiger partial charge on any atom is 0.257 e. The van der Waals surface area contributed by atoms with Crippen LogP contribution in [-0.4, -0.2) is 64.1 Å². The Morgan fingerprint density at radius 1 is 1.12 bits per heavy atom. The predicted octanol–water partition coefficient (Wildman–Crippen LogP) is 4.99. The third-order valence-electron chi connectivity index (χ3n) is 8.38. The molecule has 1 aromatic carbocycles. The number of pyridine rings is 2. The van der Waals surface area contributed by atoms with Gasteiger partial charge in [-0.2, -0.15) is 0 Å². The number of benzene rings is 1. The van der Waals surface area contributed by atoms with E-state index >= 15 is 4.39 Å². The van der Waals surface area contributed by atoms with Crippen LogP contribution in [0.1, 0.15) is 58.9 Å². The molecule has 3 aromatic heterocycles. The number of nitrogens with zero attached hydrogens (tertiary/aromatic N) is 5. The molecule has 1 aliphatic rings. The van der Waals surface area contributed by atoms with Crippen LogP contribution in [0.15, 0.2) is 47.5 Å². The van der Waals surface area contributed by atoms with Crippen LogP contribution in [0.4, 0.5) is 14.5 Å². The van der Waals surface area contributed by atoms with Crippen molar-refractivity contribution >= 4 is 22.6 Å². The number of hydrogen-bond acceptors (Lipinski definition) is 5. The van der Waals surface area contributed by atoms with E-state index in [4.69, 9.17) is 0 Å². The van der Waals surface area contributed by atoms with Crippen molar-refractivity contribution in [3.05, 3.63) is 87.1 Å². The van der Waals surface area contributed by atoms with Gasteiger partial charge in [0.25, 0.3) is 11.5 Å². The Balaban J connectivity index is 1.39. The SMILES string of the molecule is CNc1cc(=O)n(-c2ccnc3c2cc([C@H](C)N2CCC(c4c(C)cc(C(=O)N(C)C)cc4F)CC2)n3C)cc1F. The Labute approximate surface area is 238 Å². The van der Waals surface area contributed by atoms with Gasteiger partial charge in [-0.1, -0.05) is 0 Å². The lowest BCUT2D eigenvalue weighted by Crippen LogP contribution is -2.36. The van der Waals surface area contributed by atoms with E-state index in [0.29, 0.717) is 22.5 Å². The quantitative estimate of drug-likeness (QED) is 0.358. The third-order valence-corrected chi connectivity index (χ3v) is 8.38. The van der Waals surface area contributed by atoms with Gasteiger partial charge in [-0.25, -0.2) is 13.8 Å². The number of halogens is 2. The first-order chi connectivity index (χ1) is 19.5. The summed E-state index contributed by atoms with van der Waals surface area (Å²) in [7, 11) is 6.84. The van der Waals surface area contributed by atoms with E-state index in [1.807, 2.05) is 24.6 Å². The first-order valence-electron chi connectivity index (χ1n) is 13.8. The maximum absolute atomic E-state index is 15.2. The molecule has 216 valence electrons. The summed E-state index contributed by atoms with van der Waals surface area (Å²) < 4.78 is 33.1. The number of anilines is 1. The standard InChI is InChI=1S/C31H36F2N6O2/c1-18-13-21(31(41)36(4)5)14-23(32)29(18)20-8-11-38(12-9-20)19(2)27-15-22-26(7-10-35-30(22)37(27)6)39-17-24(33)25(34-3)16-28(39)40/h7,10,13-17,19-20,34H,8-9,11-12H2,1-6H3/t19-/m0/s1. The van der Waals surface area contributed by atoms with Crippen LogP contribution in [-0.2, 0) is 7.05 Å². The highest BCUT2D eigenvalue weighted by Gasteiger charge is 2.29. The van der Waals surface area contributed by atoms with Crippen LogP contribution < -0.4 is 10.9 Å². The molecule has 1 fully saturated rings. The van der Waals surface area contributed by atoms with Crippen LogP contribution in [0.5, 0.6) is 0 Å². The molecule has 8 nitrogen and oxygen atoms in total. The Bertz CT molecular complexity index is 1660. The lowest BCUT2D eigenvalue weighted by molar-refractivity contribution is 0.0827. The molecular weight excluding hydrogens is 526 g/mol. The third kappa shape index (κ3) is 5.12. The monoisotopic (exact) mass is 562 g/mol. The number of aromatic nitrogens is 3. The summed E-state index contributed by atoms with van der Waals surface area (Å²) in [5, 5.41) is 3.46. The van der Waals surface area contributed by atoms with Crippen LogP contribution in [0.25, 0.3) is 16.7 Å². The van der Waals surface area contributed by atoms with Crippen molar-refractivity contribution in [2.45, 2.75) is 38.6 Å². The van der Waals surface area contributed by atoms with Crippen LogP contribution in [0.2, 0.25) is 0 Å². The van der Waals surface area contributed by atoms with Crippen molar-refractivity contribution in [1.29, 1.82) is 0 Å². The molecule has 4 heterocycles. The zero-order valence-electron chi connectivity index (χ0n) is 24.3. The van der Waals surface area contributed by atoms with E-state index < -0.39 is 5.82 Å². The van der Waals surface area contributed by atoms with Crippen molar-refractivity contribution < 1.29 is 13.6 Å². The highest BCUT2D eigenvalue weighted by atomic mass is 19.1. The van der Waals surface area contributed by atoms with Crippen molar-refractivity contribution in [3.63, 3.8) is 0 Å². The lowest BCUT2D eigenvalue weighted by atomic mass is 9.85. The van der Waals surface area contributed by atoms with Crippen molar-refractivity contribution in [2.75, 3.05) is 39.5 Å². The molecule has 1 N–H and O–H groups in total. The van der Waals surface area contributed by atoms with Gasteiger partial charge in [0.05, 0.1) is 17.6 Å². The first kappa shape index (κ1) is 28.5. The molecule has 0 radical (unpaired) electrons. The maximum atomic E-state index is 15.2. The zero-order valence-corrected chi connectivity index (χ0v) is 24.3. The van der Waals surface area contributed by atoms with Crippen LogP contribution >= 0.6 is 0 Å². The number of piperidine rings is 1. The van der Waals surface area contributed by atoms with Gasteiger partial charge in [0, 0.05) is 63.1 Å². The number of hydrogen-bond donors (Lipinski definition) is 1. The Morgan fingerprint density at radius 3 is 2.46 bits per heavy atom. The van der Waals surface area contributed by atoms with Gasteiger partial charge in [0.15, 0.2) is 5.82 Å². The van der Waals surface area contributed by atoms with E-state index in [9.17, 15) is 14.0 Å². The average Bonchev–Trinajstić information content (AvgIpc) is 3.29. The summed E-state index contributed by atoms with van der Waals surface area (Å²) in [6, 6.07) is 8.18. The van der Waals surface area contributed by atoms with E-state index in [1.165, 1.54) is 27.8 Å². The topological polar surface area (TPSA) is 75.4 Å². The number of rotatable bonds is 6. The second kappa shape index (κ2) is 11.1. The molecule has 10 heteroatoms. The molecule has 0 bridgehead atoms. The normalized spacial score (nSPS) is 15.3.